The van der Waals surface area contributed by atoms with Crippen LogP contribution in [-0.2, 0) is 17.8 Å². The van der Waals surface area contributed by atoms with E-state index in [0.717, 1.165) is 5.56 Å². The van der Waals surface area contributed by atoms with Crippen LogP contribution in [0, 0.1) is 0 Å². The summed E-state index contributed by atoms with van der Waals surface area (Å²) in [5.41, 5.74) is 2.49. The molecule has 1 heterocycles. The molecule has 182 valence electrons. The summed E-state index contributed by atoms with van der Waals surface area (Å²) in [6, 6.07) is 27.3. The number of hydrogen-bond acceptors (Lipinski definition) is 4. The van der Waals surface area contributed by atoms with Crippen LogP contribution in [0.4, 0.5) is 16.2 Å². The third-order valence-electron chi connectivity index (χ3n) is 5.35. The predicted molar refractivity (Wildman–Crippen MR) is 137 cm³/mol. The van der Waals surface area contributed by atoms with Crippen LogP contribution >= 0.6 is 0 Å². The molecule has 3 aromatic carbocycles. The van der Waals surface area contributed by atoms with Crippen molar-refractivity contribution in [1.82, 2.24) is 10.6 Å². The molecular weight excluding hydrogens is 456 g/mol. The number of furan rings is 1. The Labute approximate surface area is 208 Å². The van der Waals surface area contributed by atoms with Gasteiger partial charge in [0.2, 0.25) is 5.91 Å². The van der Waals surface area contributed by atoms with E-state index in [1.807, 2.05) is 36.4 Å². The van der Waals surface area contributed by atoms with Crippen molar-refractivity contribution >= 4 is 29.2 Å². The van der Waals surface area contributed by atoms with Crippen molar-refractivity contribution < 1.29 is 18.8 Å². The summed E-state index contributed by atoms with van der Waals surface area (Å²) >= 11 is 0. The highest BCUT2D eigenvalue weighted by Crippen LogP contribution is 2.15. The van der Waals surface area contributed by atoms with E-state index in [4.69, 9.17) is 4.42 Å². The van der Waals surface area contributed by atoms with Crippen LogP contribution in [0.15, 0.2) is 108 Å². The minimum atomic E-state index is -0.787. The first kappa shape index (κ1) is 24.3. The van der Waals surface area contributed by atoms with Crippen LogP contribution in [0.2, 0.25) is 0 Å². The Morgan fingerprint density at radius 1 is 0.722 bits per heavy atom. The quantitative estimate of drug-likeness (QED) is 0.280. The molecule has 0 fully saturated rings. The third-order valence-corrected chi connectivity index (χ3v) is 5.35. The molecule has 0 aliphatic heterocycles. The normalized spacial score (nSPS) is 11.2. The van der Waals surface area contributed by atoms with Crippen LogP contribution < -0.4 is 21.3 Å². The maximum absolute atomic E-state index is 13.1. The molecule has 4 amide bonds. The summed E-state index contributed by atoms with van der Waals surface area (Å²) < 4.78 is 5.18. The maximum atomic E-state index is 13.1. The Morgan fingerprint density at radius 3 is 2.00 bits per heavy atom. The molecule has 8 nitrogen and oxygen atoms in total. The molecular formula is C28H26N4O4. The first-order chi connectivity index (χ1) is 17.6. The van der Waals surface area contributed by atoms with Crippen LogP contribution in [0.25, 0.3) is 0 Å². The fourth-order valence-electron chi connectivity index (χ4n) is 3.51. The topological polar surface area (TPSA) is 112 Å². The van der Waals surface area contributed by atoms with Crippen molar-refractivity contribution in [3.05, 3.63) is 120 Å². The molecule has 0 radical (unpaired) electrons. The maximum Gasteiger partial charge on any atom is 0.319 e. The second-order valence-corrected chi connectivity index (χ2v) is 8.04. The van der Waals surface area contributed by atoms with Gasteiger partial charge in [-0.3, -0.25) is 9.59 Å². The second-order valence-electron chi connectivity index (χ2n) is 8.04. The van der Waals surface area contributed by atoms with E-state index in [9.17, 15) is 14.4 Å². The number of rotatable bonds is 9. The zero-order valence-corrected chi connectivity index (χ0v) is 19.4. The van der Waals surface area contributed by atoms with Crippen LogP contribution in [0.3, 0.4) is 0 Å². The van der Waals surface area contributed by atoms with Crippen molar-refractivity contribution in [2.75, 3.05) is 10.6 Å². The first-order valence-corrected chi connectivity index (χ1v) is 11.4. The third kappa shape index (κ3) is 7.07. The Hall–Kier alpha value is -4.85. The molecule has 0 saturated carbocycles. The predicted octanol–water partition coefficient (Wildman–Crippen LogP) is 4.58. The average Bonchev–Trinajstić information content (AvgIpc) is 3.43. The summed E-state index contributed by atoms with van der Waals surface area (Å²) in [7, 11) is 0. The van der Waals surface area contributed by atoms with E-state index in [-0.39, 0.29) is 24.4 Å². The van der Waals surface area contributed by atoms with Gasteiger partial charge in [-0.05, 0) is 54.1 Å². The fourth-order valence-corrected chi connectivity index (χ4v) is 3.51. The Balaban J connectivity index is 1.37. The molecule has 0 aliphatic rings. The van der Waals surface area contributed by atoms with Gasteiger partial charge in [-0.2, -0.15) is 0 Å². The summed E-state index contributed by atoms with van der Waals surface area (Å²) in [5.74, 6) is -0.0283. The van der Waals surface area contributed by atoms with Gasteiger partial charge in [-0.25, -0.2) is 4.79 Å². The Bertz CT molecular complexity index is 1270. The minimum Gasteiger partial charge on any atom is -0.467 e. The lowest BCUT2D eigenvalue weighted by Crippen LogP contribution is -2.45. The lowest BCUT2D eigenvalue weighted by atomic mass is 10.0. The first-order valence-electron chi connectivity index (χ1n) is 11.4. The van der Waals surface area contributed by atoms with Crippen LogP contribution in [0.1, 0.15) is 21.7 Å². The van der Waals surface area contributed by atoms with Crippen molar-refractivity contribution in [3.63, 3.8) is 0 Å². The lowest BCUT2D eigenvalue weighted by Gasteiger charge is -2.19. The summed E-state index contributed by atoms with van der Waals surface area (Å²) in [6.45, 7) is 0.268. The molecule has 1 aromatic heterocycles. The number of benzene rings is 3. The van der Waals surface area contributed by atoms with Gasteiger partial charge in [0.05, 0.1) is 12.8 Å². The number of urea groups is 1. The highest BCUT2D eigenvalue weighted by Gasteiger charge is 2.22. The van der Waals surface area contributed by atoms with Gasteiger partial charge in [-0.15, -0.1) is 0 Å². The smallest absolute Gasteiger partial charge is 0.319 e. The number of anilines is 2. The van der Waals surface area contributed by atoms with Crippen molar-refractivity contribution in [1.29, 1.82) is 0 Å². The van der Waals surface area contributed by atoms with E-state index in [1.165, 1.54) is 0 Å². The Kier molecular flexibility index (Phi) is 8.11. The van der Waals surface area contributed by atoms with E-state index in [2.05, 4.69) is 21.3 Å². The SMILES string of the molecule is O=C(NCc1ccco1)Nc1ccc(NC(=O)C(Cc2ccccc2)NC(=O)c2ccccc2)cc1. The molecule has 0 saturated heterocycles. The molecule has 1 atom stereocenters. The molecule has 36 heavy (non-hydrogen) atoms. The van der Waals surface area contributed by atoms with Gasteiger partial charge in [0.15, 0.2) is 0 Å². The van der Waals surface area contributed by atoms with Crippen LogP contribution in [0.5, 0.6) is 0 Å². The number of carbonyl (C=O) groups is 3. The molecule has 8 heteroatoms. The van der Waals surface area contributed by atoms with Gasteiger partial charge in [0.25, 0.3) is 5.91 Å². The minimum absolute atomic E-state index is 0.268. The molecule has 4 N–H and O–H groups in total. The Morgan fingerprint density at radius 2 is 1.36 bits per heavy atom. The molecule has 0 bridgehead atoms. The summed E-state index contributed by atoms with van der Waals surface area (Å²) in [5, 5.41) is 11.1. The molecule has 1 unspecified atom stereocenters. The van der Waals surface area contributed by atoms with Gasteiger partial charge in [0.1, 0.15) is 11.8 Å². The molecule has 4 rings (SSSR count). The van der Waals surface area contributed by atoms with E-state index in [0.29, 0.717) is 29.1 Å². The standard InChI is InChI=1S/C28H26N4O4/c33-26(21-10-5-2-6-11-21)32-25(18-20-8-3-1-4-9-20)27(34)30-22-13-15-23(16-14-22)31-28(35)29-19-24-12-7-17-36-24/h1-17,25H,18-19H2,(H,30,34)(H,32,33)(H2,29,31,35). The van der Waals surface area contributed by atoms with Crippen molar-refractivity contribution in [3.8, 4) is 0 Å². The number of nitrogens with one attached hydrogen (secondary N) is 4. The number of carbonyl (C=O) groups excluding carboxylic acids is 3. The second kappa shape index (κ2) is 12.0. The zero-order chi connectivity index (χ0) is 25.2. The summed E-state index contributed by atoms with van der Waals surface area (Å²) in [4.78, 5) is 37.9. The largest absolute Gasteiger partial charge is 0.467 e. The average molecular weight is 483 g/mol. The van der Waals surface area contributed by atoms with Gasteiger partial charge < -0.3 is 25.7 Å². The van der Waals surface area contributed by atoms with Gasteiger partial charge >= 0.3 is 6.03 Å². The highest BCUT2D eigenvalue weighted by atomic mass is 16.3. The van der Waals surface area contributed by atoms with Crippen LogP contribution in [-0.4, -0.2) is 23.9 Å². The van der Waals surface area contributed by atoms with Crippen molar-refractivity contribution in [2.24, 2.45) is 0 Å². The lowest BCUT2D eigenvalue weighted by molar-refractivity contribution is -0.118. The molecule has 4 aromatic rings. The van der Waals surface area contributed by atoms with E-state index in [1.54, 1.807) is 66.9 Å². The summed E-state index contributed by atoms with van der Waals surface area (Å²) in [6.07, 6.45) is 1.88. The number of amides is 4. The fraction of sp³-hybridized carbons (Fsp3) is 0.107. The van der Waals surface area contributed by atoms with Crippen molar-refractivity contribution in [2.45, 2.75) is 19.0 Å². The monoisotopic (exact) mass is 482 g/mol. The van der Waals surface area contributed by atoms with Gasteiger partial charge in [0, 0.05) is 23.4 Å². The number of hydrogen-bond donors (Lipinski definition) is 4. The highest BCUT2D eigenvalue weighted by molar-refractivity contribution is 6.01. The zero-order valence-electron chi connectivity index (χ0n) is 19.4. The molecule has 0 spiro atoms. The van der Waals surface area contributed by atoms with Gasteiger partial charge in [-0.1, -0.05) is 48.5 Å². The molecule has 0 aliphatic carbocycles. The van der Waals surface area contributed by atoms with E-state index >= 15 is 0 Å². The van der Waals surface area contributed by atoms with E-state index < -0.39 is 6.04 Å².